The number of carbonyl (C=O) groups is 1. The number of allylic oxidation sites excluding steroid dienone is 1. The van der Waals surface area contributed by atoms with E-state index in [0.717, 1.165) is 44.9 Å². The van der Waals surface area contributed by atoms with Crippen LogP contribution in [0.25, 0.3) is 0 Å². The number of unbranched alkanes of at least 4 members (excludes halogenated alkanes) is 8. The molecule has 1 aromatic rings. The number of para-hydroxylation sites is 1. The second-order valence-corrected chi connectivity index (χ2v) is 7.30. The predicted octanol–water partition coefficient (Wildman–Crippen LogP) is 6.60. The lowest BCUT2D eigenvalue weighted by atomic mass is 10.1. The van der Waals surface area contributed by atoms with Crippen LogP contribution in [0.3, 0.4) is 0 Å². The van der Waals surface area contributed by atoms with Crippen molar-refractivity contribution in [2.45, 2.75) is 96.5 Å². The molecule has 1 rings (SSSR count). The van der Waals surface area contributed by atoms with E-state index < -0.39 is 0 Å². The van der Waals surface area contributed by atoms with Crippen molar-refractivity contribution in [3.63, 3.8) is 0 Å². The van der Waals surface area contributed by atoms with Crippen molar-refractivity contribution in [2.75, 3.05) is 0 Å². The van der Waals surface area contributed by atoms with E-state index in [-0.39, 0.29) is 12.1 Å². The highest BCUT2D eigenvalue weighted by Crippen LogP contribution is 2.13. The van der Waals surface area contributed by atoms with Gasteiger partial charge >= 0.3 is 5.97 Å². The van der Waals surface area contributed by atoms with Gasteiger partial charge in [-0.05, 0) is 44.2 Å². The summed E-state index contributed by atoms with van der Waals surface area (Å²) in [7, 11) is 0. The number of aliphatic hydroxyl groups excluding tert-OH is 1. The third-order valence-electron chi connectivity index (χ3n) is 4.69. The van der Waals surface area contributed by atoms with Crippen LogP contribution in [-0.4, -0.2) is 17.2 Å². The Balaban J connectivity index is 1.89. The van der Waals surface area contributed by atoms with E-state index in [0.29, 0.717) is 12.2 Å². The van der Waals surface area contributed by atoms with Crippen LogP contribution in [0, 0.1) is 0 Å². The largest absolute Gasteiger partial charge is 0.427 e. The predicted molar refractivity (Wildman–Crippen MR) is 113 cm³/mol. The first-order valence-electron chi connectivity index (χ1n) is 10.8. The van der Waals surface area contributed by atoms with Gasteiger partial charge in [-0.15, -0.1) is 0 Å². The molecule has 0 spiro atoms. The molecule has 0 radical (unpaired) electrons. The third kappa shape index (κ3) is 14.2. The molecule has 3 nitrogen and oxygen atoms in total. The number of hydrogen-bond acceptors (Lipinski definition) is 3. The van der Waals surface area contributed by atoms with E-state index >= 15 is 0 Å². The van der Waals surface area contributed by atoms with E-state index in [4.69, 9.17) is 4.74 Å². The Kier molecular flexibility index (Phi) is 14.4. The van der Waals surface area contributed by atoms with E-state index in [2.05, 4.69) is 19.1 Å². The Labute approximate surface area is 165 Å². The summed E-state index contributed by atoms with van der Waals surface area (Å²) in [6, 6.07) is 9.24. The van der Waals surface area contributed by atoms with Gasteiger partial charge in [0.05, 0.1) is 6.10 Å². The number of carbonyl (C=O) groups excluding carboxylic acids is 1. The Morgan fingerprint density at radius 3 is 2.44 bits per heavy atom. The monoisotopic (exact) mass is 374 g/mol. The Hall–Kier alpha value is -1.61. The molecule has 27 heavy (non-hydrogen) atoms. The maximum atomic E-state index is 11.7. The quantitative estimate of drug-likeness (QED) is 0.153. The number of esters is 1. The summed E-state index contributed by atoms with van der Waals surface area (Å²) in [4.78, 5) is 11.7. The van der Waals surface area contributed by atoms with E-state index in [1.54, 1.807) is 12.1 Å². The lowest BCUT2D eigenvalue weighted by Crippen LogP contribution is -2.07. The van der Waals surface area contributed by atoms with Crippen molar-refractivity contribution in [3.05, 3.63) is 42.5 Å². The maximum Gasteiger partial charge on any atom is 0.311 e. The number of hydrogen-bond donors (Lipinski definition) is 1. The molecule has 1 atom stereocenters. The molecule has 0 bridgehead atoms. The fourth-order valence-electron chi connectivity index (χ4n) is 3.03. The molecular weight excluding hydrogens is 336 g/mol. The molecule has 0 saturated carbocycles. The third-order valence-corrected chi connectivity index (χ3v) is 4.69. The van der Waals surface area contributed by atoms with Crippen LogP contribution in [0.2, 0.25) is 0 Å². The summed E-state index contributed by atoms with van der Waals surface area (Å²) < 4.78 is 5.27. The van der Waals surface area contributed by atoms with Crippen LogP contribution in [-0.2, 0) is 4.79 Å². The molecule has 1 aromatic carbocycles. The summed E-state index contributed by atoms with van der Waals surface area (Å²) in [5.74, 6) is 0.484. The van der Waals surface area contributed by atoms with Gasteiger partial charge in [0.25, 0.3) is 0 Å². The normalized spacial score (nSPS) is 12.4. The molecule has 0 aliphatic heterocycles. The fourth-order valence-corrected chi connectivity index (χ4v) is 3.03. The van der Waals surface area contributed by atoms with Gasteiger partial charge in [-0.1, -0.05) is 82.2 Å². The van der Waals surface area contributed by atoms with Crippen LogP contribution in [0.5, 0.6) is 5.75 Å². The van der Waals surface area contributed by atoms with Crippen LogP contribution in [0.4, 0.5) is 0 Å². The number of rotatable bonds is 16. The van der Waals surface area contributed by atoms with E-state index in [1.165, 1.54) is 32.1 Å². The summed E-state index contributed by atoms with van der Waals surface area (Å²) in [5.41, 5.74) is 0. The zero-order chi connectivity index (χ0) is 19.6. The molecule has 0 aromatic heterocycles. The molecular formula is C24H38O3. The van der Waals surface area contributed by atoms with Crippen molar-refractivity contribution in [3.8, 4) is 5.75 Å². The molecule has 3 heteroatoms. The second-order valence-electron chi connectivity index (χ2n) is 7.30. The molecule has 0 aliphatic carbocycles. The smallest absolute Gasteiger partial charge is 0.311 e. The van der Waals surface area contributed by atoms with Gasteiger partial charge in [0.15, 0.2) is 0 Å². The van der Waals surface area contributed by atoms with Crippen molar-refractivity contribution in [1.29, 1.82) is 0 Å². The Morgan fingerprint density at radius 1 is 0.963 bits per heavy atom. The first-order valence-corrected chi connectivity index (χ1v) is 10.8. The first kappa shape index (κ1) is 23.4. The van der Waals surface area contributed by atoms with Crippen LogP contribution < -0.4 is 4.74 Å². The fraction of sp³-hybridized carbons (Fsp3) is 0.625. The van der Waals surface area contributed by atoms with Crippen molar-refractivity contribution in [2.24, 2.45) is 0 Å². The summed E-state index contributed by atoms with van der Waals surface area (Å²) in [5, 5.41) is 9.90. The highest BCUT2D eigenvalue weighted by Gasteiger charge is 2.04. The van der Waals surface area contributed by atoms with Gasteiger partial charge < -0.3 is 9.84 Å². The Morgan fingerprint density at radius 2 is 1.67 bits per heavy atom. The first-order chi connectivity index (χ1) is 13.2. The summed E-state index contributed by atoms with van der Waals surface area (Å²) in [6.07, 6.45) is 17.8. The minimum Gasteiger partial charge on any atom is -0.427 e. The van der Waals surface area contributed by atoms with Crippen molar-refractivity contribution in [1.82, 2.24) is 0 Å². The summed E-state index contributed by atoms with van der Waals surface area (Å²) in [6.45, 7) is 2.21. The SMILES string of the molecule is CCCCCC[C@@H](O)C/C=C\CCCCCCCC(=O)Oc1ccccc1. The van der Waals surface area contributed by atoms with Crippen LogP contribution in [0.1, 0.15) is 90.4 Å². The van der Waals surface area contributed by atoms with Crippen LogP contribution >= 0.6 is 0 Å². The highest BCUT2D eigenvalue weighted by molar-refractivity contribution is 5.72. The van der Waals surface area contributed by atoms with Gasteiger partial charge in [-0.2, -0.15) is 0 Å². The lowest BCUT2D eigenvalue weighted by molar-refractivity contribution is -0.134. The van der Waals surface area contributed by atoms with Gasteiger partial charge in [-0.25, -0.2) is 0 Å². The van der Waals surface area contributed by atoms with Gasteiger partial charge in [0.1, 0.15) is 5.75 Å². The molecule has 0 heterocycles. The number of benzene rings is 1. The molecule has 152 valence electrons. The standard InChI is InChI=1S/C24H38O3/c1-2-3-4-12-17-22(25)18-13-9-7-5-6-8-10-16-21-24(26)27-23-19-14-11-15-20-23/h9,11,13-15,19-20,22,25H,2-8,10,12,16-18,21H2,1H3/b13-9-/t22-/m1/s1. The van der Waals surface area contributed by atoms with Crippen molar-refractivity contribution >= 4 is 5.97 Å². The zero-order valence-corrected chi connectivity index (χ0v) is 17.1. The lowest BCUT2D eigenvalue weighted by Gasteiger charge is -2.07. The molecule has 1 N–H and O–H groups in total. The maximum absolute atomic E-state index is 11.7. The zero-order valence-electron chi connectivity index (χ0n) is 17.1. The second kappa shape index (κ2) is 16.6. The number of aliphatic hydroxyl groups is 1. The average Bonchev–Trinajstić information content (AvgIpc) is 2.67. The van der Waals surface area contributed by atoms with Crippen molar-refractivity contribution < 1.29 is 14.6 Å². The molecule has 0 unspecified atom stereocenters. The van der Waals surface area contributed by atoms with E-state index in [9.17, 15) is 9.90 Å². The van der Waals surface area contributed by atoms with Gasteiger partial charge in [0.2, 0.25) is 0 Å². The van der Waals surface area contributed by atoms with E-state index in [1.807, 2.05) is 18.2 Å². The average molecular weight is 375 g/mol. The molecule has 0 fully saturated rings. The van der Waals surface area contributed by atoms with Gasteiger partial charge in [0, 0.05) is 6.42 Å². The Bertz CT molecular complexity index is 496. The molecule has 0 aliphatic rings. The topological polar surface area (TPSA) is 46.5 Å². The minimum atomic E-state index is -0.172. The van der Waals surface area contributed by atoms with Gasteiger partial charge in [-0.3, -0.25) is 4.79 Å². The molecule has 0 amide bonds. The minimum absolute atomic E-state index is 0.141. The summed E-state index contributed by atoms with van der Waals surface area (Å²) >= 11 is 0. The highest BCUT2D eigenvalue weighted by atomic mass is 16.5. The molecule has 0 saturated heterocycles. The number of ether oxygens (including phenoxy) is 1. The van der Waals surface area contributed by atoms with Crippen LogP contribution in [0.15, 0.2) is 42.5 Å².